The highest BCUT2D eigenvalue weighted by molar-refractivity contribution is 9.10. The maximum atomic E-state index is 12.5. The smallest absolute Gasteiger partial charge is 0.408 e. The minimum atomic E-state index is -0.911. The Hall–Kier alpha value is -1.48. The molecule has 3 rings (SSSR count). The summed E-state index contributed by atoms with van der Waals surface area (Å²) in [4.78, 5) is 17.0. The number of thiazole rings is 1. The molecule has 0 aliphatic carbocycles. The van der Waals surface area contributed by atoms with Crippen LogP contribution in [0.2, 0.25) is 0 Å². The predicted molar refractivity (Wildman–Crippen MR) is 102 cm³/mol. The van der Waals surface area contributed by atoms with Gasteiger partial charge in [-0.15, -0.1) is 11.3 Å². The number of nitrogens with zero attached hydrogens (tertiary/aromatic N) is 1. The first kappa shape index (κ1) is 19.3. The molecule has 1 aliphatic rings. The molecule has 1 saturated heterocycles. The second-order valence-corrected chi connectivity index (χ2v) is 8.04. The lowest BCUT2D eigenvalue weighted by atomic mass is 9.79. The molecule has 1 aromatic heterocycles. The molecule has 2 aromatic rings. The van der Waals surface area contributed by atoms with Gasteiger partial charge in [0.25, 0.3) is 0 Å². The van der Waals surface area contributed by atoms with Gasteiger partial charge in [0.1, 0.15) is 21.8 Å². The van der Waals surface area contributed by atoms with Gasteiger partial charge in [-0.1, -0.05) is 30.3 Å². The number of halogens is 1. The lowest BCUT2D eigenvalue weighted by Gasteiger charge is -2.43. The number of aliphatic hydroxyl groups is 1. The van der Waals surface area contributed by atoms with Gasteiger partial charge in [0.15, 0.2) is 0 Å². The van der Waals surface area contributed by atoms with E-state index in [1.807, 2.05) is 42.6 Å². The van der Waals surface area contributed by atoms with Crippen LogP contribution in [0, 0.1) is 5.92 Å². The van der Waals surface area contributed by atoms with Gasteiger partial charge < -0.3 is 19.9 Å². The van der Waals surface area contributed by atoms with Crippen molar-refractivity contribution in [3.63, 3.8) is 0 Å². The van der Waals surface area contributed by atoms with Crippen LogP contribution in [0.15, 0.2) is 40.3 Å². The molecule has 2 heterocycles. The molecule has 0 bridgehead atoms. The van der Waals surface area contributed by atoms with Crippen LogP contribution in [0.4, 0.5) is 4.79 Å². The first-order chi connectivity index (χ1) is 12.5. The molecule has 0 saturated carbocycles. The standard InChI is InChI=1S/C18H21BrN2O4S/c1-12-7-14(8-22)18(11-25-12,16-20-15(19)10-26-16)21-17(23)24-9-13-5-3-2-4-6-13/h2-6,10,12,14,22H,7-9,11H2,1H3,(H,21,23)/t12-,14-,18-/m0/s1. The number of hydrogen-bond acceptors (Lipinski definition) is 6. The Kier molecular flexibility index (Phi) is 6.29. The lowest BCUT2D eigenvalue weighted by Crippen LogP contribution is -2.59. The van der Waals surface area contributed by atoms with Crippen molar-refractivity contribution in [2.24, 2.45) is 5.92 Å². The molecule has 0 radical (unpaired) electrons. The van der Waals surface area contributed by atoms with Crippen molar-refractivity contribution in [3.05, 3.63) is 50.9 Å². The Balaban J connectivity index is 1.78. The molecule has 140 valence electrons. The van der Waals surface area contributed by atoms with Crippen LogP contribution in [-0.4, -0.2) is 35.5 Å². The van der Waals surface area contributed by atoms with Crippen LogP contribution in [0.3, 0.4) is 0 Å². The number of aliphatic hydroxyl groups excluding tert-OH is 1. The minimum absolute atomic E-state index is 0.00539. The quantitative estimate of drug-likeness (QED) is 0.743. The number of benzene rings is 1. The molecule has 6 nitrogen and oxygen atoms in total. The predicted octanol–water partition coefficient (Wildman–Crippen LogP) is 3.44. The zero-order valence-electron chi connectivity index (χ0n) is 14.4. The topological polar surface area (TPSA) is 80.7 Å². The van der Waals surface area contributed by atoms with Crippen molar-refractivity contribution in [3.8, 4) is 0 Å². The van der Waals surface area contributed by atoms with Crippen molar-refractivity contribution in [1.29, 1.82) is 0 Å². The largest absolute Gasteiger partial charge is 0.445 e. The number of ether oxygens (including phenoxy) is 2. The van der Waals surface area contributed by atoms with Crippen LogP contribution in [0.5, 0.6) is 0 Å². The third kappa shape index (κ3) is 4.25. The van der Waals surface area contributed by atoms with E-state index in [0.29, 0.717) is 16.0 Å². The van der Waals surface area contributed by atoms with E-state index in [9.17, 15) is 9.90 Å². The van der Waals surface area contributed by atoms with E-state index < -0.39 is 11.6 Å². The van der Waals surface area contributed by atoms with Crippen LogP contribution in [-0.2, 0) is 21.6 Å². The van der Waals surface area contributed by atoms with E-state index in [2.05, 4.69) is 26.2 Å². The molecule has 1 aliphatic heterocycles. The van der Waals surface area contributed by atoms with Crippen molar-refractivity contribution < 1.29 is 19.4 Å². The van der Waals surface area contributed by atoms with Gasteiger partial charge in [0.05, 0.1) is 12.7 Å². The summed E-state index contributed by atoms with van der Waals surface area (Å²) in [6.45, 7) is 2.28. The molecule has 1 fully saturated rings. The highest BCUT2D eigenvalue weighted by Gasteiger charge is 2.48. The maximum Gasteiger partial charge on any atom is 0.408 e. The van der Waals surface area contributed by atoms with Crippen molar-refractivity contribution in [2.75, 3.05) is 13.2 Å². The SMILES string of the molecule is C[C@H]1C[C@@H](CO)[C@](NC(=O)OCc2ccccc2)(c2nc(Br)cs2)CO1. The third-order valence-corrected chi connectivity index (χ3v) is 6.25. The number of amides is 1. The van der Waals surface area contributed by atoms with Crippen LogP contribution in [0.25, 0.3) is 0 Å². The first-order valence-electron chi connectivity index (χ1n) is 8.36. The number of rotatable bonds is 5. The molecule has 1 amide bonds. The van der Waals surface area contributed by atoms with E-state index in [4.69, 9.17) is 9.47 Å². The van der Waals surface area contributed by atoms with E-state index in [0.717, 1.165) is 5.56 Å². The third-order valence-electron chi connectivity index (χ3n) is 4.52. The van der Waals surface area contributed by atoms with Crippen LogP contribution >= 0.6 is 27.3 Å². The average Bonchev–Trinajstić information content (AvgIpc) is 3.09. The van der Waals surface area contributed by atoms with Gasteiger partial charge in [0, 0.05) is 17.9 Å². The summed E-state index contributed by atoms with van der Waals surface area (Å²) in [7, 11) is 0. The summed E-state index contributed by atoms with van der Waals surface area (Å²) in [5, 5.41) is 15.4. The number of hydrogen-bond donors (Lipinski definition) is 2. The second kappa shape index (κ2) is 8.47. The maximum absolute atomic E-state index is 12.5. The van der Waals surface area contributed by atoms with E-state index in [-0.39, 0.29) is 31.8 Å². The minimum Gasteiger partial charge on any atom is -0.445 e. The molecule has 2 N–H and O–H groups in total. The summed E-state index contributed by atoms with van der Waals surface area (Å²) < 4.78 is 11.9. The molecule has 0 unspecified atom stereocenters. The van der Waals surface area contributed by atoms with E-state index >= 15 is 0 Å². The monoisotopic (exact) mass is 440 g/mol. The van der Waals surface area contributed by atoms with Gasteiger partial charge in [0.2, 0.25) is 0 Å². The molecular formula is C18H21BrN2O4S. The van der Waals surface area contributed by atoms with Gasteiger partial charge in [-0.05, 0) is 34.8 Å². The lowest BCUT2D eigenvalue weighted by molar-refractivity contribution is -0.0800. The zero-order valence-corrected chi connectivity index (χ0v) is 16.8. The van der Waals surface area contributed by atoms with Crippen LogP contribution < -0.4 is 5.32 Å². The number of aromatic nitrogens is 1. The highest BCUT2D eigenvalue weighted by atomic mass is 79.9. The number of carbonyl (C=O) groups excluding carboxylic acids is 1. The fourth-order valence-electron chi connectivity index (χ4n) is 3.12. The molecule has 8 heteroatoms. The van der Waals surface area contributed by atoms with Gasteiger partial charge in [-0.2, -0.15) is 0 Å². The fourth-order valence-corrected chi connectivity index (χ4v) is 4.59. The number of alkyl carbamates (subject to hydrolysis) is 1. The summed E-state index contributed by atoms with van der Waals surface area (Å²) in [6, 6.07) is 9.48. The Morgan fingerprint density at radius 3 is 2.92 bits per heavy atom. The first-order valence-corrected chi connectivity index (χ1v) is 10.0. The molecule has 1 aromatic carbocycles. The molecular weight excluding hydrogens is 420 g/mol. The molecule has 26 heavy (non-hydrogen) atoms. The molecule has 0 spiro atoms. The number of nitrogens with one attached hydrogen (secondary N) is 1. The normalized spacial score (nSPS) is 25.7. The van der Waals surface area contributed by atoms with Gasteiger partial charge in [-0.25, -0.2) is 9.78 Å². The molecule has 3 atom stereocenters. The average molecular weight is 441 g/mol. The van der Waals surface area contributed by atoms with Crippen molar-refractivity contribution in [1.82, 2.24) is 10.3 Å². The Morgan fingerprint density at radius 2 is 2.27 bits per heavy atom. The van der Waals surface area contributed by atoms with E-state index in [1.165, 1.54) is 11.3 Å². The summed E-state index contributed by atoms with van der Waals surface area (Å²) >= 11 is 4.77. The fraction of sp³-hybridized carbons (Fsp3) is 0.444. The van der Waals surface area contributed by atoms with Crippen molar-refractivity contribution in [2.45, 2.75) is 31.6 Å². The summed E-state index contributed by atoms with van der Waals surface area (Å²) in [6.07, 6.45) is 0.0646. The Bertz CT molecular complexity index is 742. The van der Waals surface area contributed by atoms with Gasteiger partial charge in [-0.3, -0.25) is 0 Å². The summed E-state index contributed by atoms with van der Waals surface area (Å²) in [5.74, 6) is -0.214. The van der Waals surface area contributed by atoms with Gasteiger partial charge >= 0.3 is 6.09 Å². The highest BCUT2D eigenvalue weighted by Crippen LogP contribution is 2.39. The van der Waals surface area contributed by atoms with Crippen LogP contribution in [0.1, 0.15) is 23.9 Å². The van der Waals surface area contributed by atoms with Crippen molar-refractivity contribution >= 4 is 33.4 Å². The summed E-state index contributed by atoms with van der Waals surface area (Å²) in [5.41, 5.74) is -0.00737. The number of carbonyl (C=O) groups is 1. The second-order valence-electron chi connectivity index (χ2n) is 6.37. The zero-order chi connectivity index (χ0) is 18.6. The Labute approximate surface area is 164 Å². The Morgan fingerprint density at radius 1 is 1.50 bits per heavy atom. The van der Waals surface area contributed by atoms with E-state index in [1.54, 1.807) is 0 Å².